The first kappa shape index (κ1) is 11.5. The highest BCUT2D eigenvalue weighted by molar-refractivity contribution is 6.36. The summed E-state index contributed by atoms with van der Waals surface area (Å²) >= 11 is 11.1. The van der Waals surface area contributed by atoms with Gasteiger partial charge in [0.15, 0.2) is 0 Å². The van der Waals surface area contributed by atoms with Crippen molar-refractivity contribution >= 4 is 40.7 Å². The van der Waals surface area contributed by atoms with Crippen LogP contribution in [0.5, 0.6) is 0 Å². The fraction of sp³-hybridized carbons (Fsp3) is 0. The second kappa shape index (κ2) is 4.33. The molecule has 15 heavy (non-hydrogen) atoms. The highest BCUT2D eigenvalue weighted by Gasteiger charge is 2.21. The highest BCUT2D eigenvalue weighted by atomic mass is 35.5. The predicted molar refractivity (Wildman–Crippen MR) is 54.8 cm³/mol. The monoisotopic (exact) mass is 250 g/mol. The number of halogens is 2. The molecular weight excluding hydrogens is 247 g/mol. The van der Waals surface area contributed by atoms with Crippen molar-refractivity contribution in [1.29, 1.82) is 0 Å². The van der Waals surface area contributed by atoms with Gasteiger partial charge in [-0.2, -0.15) is 0 Å². The third kappa shape index (κ3) is 2.71. The first-order valence-electron chi connectivity index (χ1n) is 3.55. The van der Waals surface area contributed by atoms with Gasteiger partial charge in [-0.3, -0.25) is 15.4 Å². The fourth-order valence-corrected chi connectivity index (χ4v) is 1.52. The summed E-state index contributed by atoms with van der Waals surface area (Å²) in [7, 11) is 0. The van der Waals surface area contributed by atoms with E-state index in [9.17, 15) is 14.9 Å². The lowest BCUT2D eigenvalue weighted by atomic mass is 10.2. The first-order valence-corrected chi connectivity index (χ1v) is 4.31. The Kier molecular flexibility index (Phi) is 3.33. The topological polar surface area (TPSA) is 92.5 Å². The van der Waals surface area contributed by atoms with Crippen molar-refractivity contribution in [2.75, 3.05) is 5.32 Å². The minimum atomic E-state index is -1.43. The van der Waals surface area contributed by atoms with Crippen LogP contribution < -0.4 is 5.32 Å². The van der Waals surface area contributed by atoms with Crippen LogP contribution in [-0.2, 0) is 0 Å². The lowest BCUT2D eigenvalue weighted by molar-refractivity contribution is -0.383. The maximum absolute atomic E-state index is 10.6. The van der Waals surface area contributed by atoms with E-state index >= 15 is 0 Å². The van der Waals surface area contributed by atoms with Gasteiger partial charge in [0, 0.05) is 5.02 Å². The maximum Gasteiger partial charge on any atom is 0.409 e. The molecule has 0 unspecified atom stereocenters. The van der Waals surface area contributed by atoms with Gasteiger partial charge in [0.05, 0.1) is 4.92 Å². The summed E-state index contributed by atoms with van der Waals surface area (Å²) in [4.78, 5) is 20.1. The van der Waals surface area contributed by atoms with E-state index in [2.05, 4.69) is 0 Å². The van der Waals surface area contributed by atoms with Gasteiger partial charge in [0.1, 0.15) is 10.7 Å². The molecule has 0 fully saturated rings. The number of nitro benzene ring substituents is 1. The summed E-state index contributed by atoms with van der Waals surface area (Å²) < 4.78 is 0. The Bertz CT molecular complexity index is 435. The summed E-state index contributed by atoms with van der Waals surface area (Å²) in [6.45, 7) is 0. The maximum atomic E-state index is 10.6. The number of amides is 1. The van der Waals surface area contributed by atoms with Crippen molar-refractivity contribution in [2.45, 2.75) is 0 Å². The zero-order valence-corrected chi connectivity index (χ0v) is 8.54. The zero-order chi connectivity index (χ0) is 11.6. The summed E-state index contributed by atoms with van der Waals surface area (Å²) in [5.74, 6) is 0. The summed E-state index contributed by atoms with van der Waals surface area (Å²) in [6, 6.07) is 2.27. The standard InChI is InChI=1S/C7H4Cl2N2O4/c8-3-1-4(9)6(11(14)15)5(2-3)10-7(12)13/h1-2,10H,(H,12,13). The van der Waals surface area contributed by atoms with Gasteiger partial charge >= 0.3 is 11.8 Å². The van der Waals surface area contributed by atoms with Gasteiger partial charge in [-0.1, -0.05) is 23.2 Å². The molecule has 0 atom stereocenters. The lowest BCUT2D eigenvalue weighted by Gasteiger charge is -2.04. The van der Waals surface area contributed by atoms with E-state index in [-0.39, 0.29) is 15.7 Å². The van der Waals surface area contributed by atoms with Gasteiger partial charge in [0.25, 0.3) is 0 Å². The second-order valence-electron chi connectivity index (χ2n) is 2.47. The van der Waals surface area contributed by atoms with Crippen LogP contribution in [0.25, 0.3) is 0 Å². The number of carboxylic acid groups (broad SMARTS) is 1. The molecule has 0 aromatic heterocycles. The molecule has 1 rings (SSSR count). The molecule has 0 aliphatic carbocycles. The largest absolute Gasteiger partial charge is 0.465 e. The molecule has 8 heteroatoms. The van der Waals surface area contributed by atoms with Gasteiger partial charge in [-0.15, -0.1) is 0 Å². The molecule has 1 aromatic carbocycles. The van der Waals surface area contributed by atoms with Crippen LogP contribution in [0, 0.1) is 10.1 Å². The number of hydrogen-bond acceptors (Lipinski definition) is 3. The highest BCUT2D eigenvalue weighted by Crippen LogP contribution is 2.35. The van der Waals surface area contributed by atoms with E-state index in [1.54, 1.807) is 0 Å². The lowest BCUT2D eigenvalue weighted by Crippen LogP contribution is -2.09. The van der Waals surface area contributed by atoms with Crippen LogP contribution in [0.2, 0.25) is 10.0 Å². The average Bonchev–Trinajstić information content (AvgIpc) is 1.99. The SMILES string of the molecule is O=C(O)Nc1cc(Cl)cc(Cl)c1[N+](=O)[O-]. The van der Waals surface area contributed by atoms with E-state index in [1.165, 1.54) is 0 Å². The molecule has 0 radical (unpaired) electrons. The van der Waals surface area contributed by atoms with E-state index < -0.39 is 16.7 Å². The molecular formula is C7H4Cl2N2O4. The van der Waals surface area contributed by atoms with Crippen LogP contribution >= 0.6 is 23.2 Å². The van der Waals surface area contributed by atoms with Crippen LogP contribution in [-0.4, -0.2) is 16.1 Å². The normalized spacial score (nSPS) is 9.73. The molecule has 1 amide bonds. The van der Waals surface area contributed by atoms with Crippen molar-refractivity contribution < 1.29 is 14.8 Å². The Morgan fingerprint density at radius 1 is 1.47 bits per heavy atom. The van der Waals surface area contributed by atoms with E-state index in [0.717, 1.165) is 12.1 Å². The van der Waals surface area contributed by atoms with E-state index in [4.69, 9.17) is 28.3 Å². The van der Waals surface area contributed by atoms with Crippen LogP contribution in [0.15, 0.2) is 12.1 Å². The molecule has 0 heterocycles. The number of rotatable bonds is 2. The number of nitro groups is 1. The fourth-order valence-electron chi connectivity index (χ4n) is 0.962. The van der Waals surface area contributed by atoms with Crippen molar-refractivity contribution in [3.8, 4) is 0 Å². The number of nitrogens with zero attached hydrogens (tertiary/aromatic N) is 1. The van der Waals surface area contributed by atoms with Crippen LogP contribution in [0.3, 0.4) is 0 Å². The van der Waals surface area contributed by atoms with Crippen molar-refractivity contribution in [1.82, 2.24) is 0 Å². The average molecular weight is 251 g/mol. The van der Waals surface area contributed by atoms with Crippen molar-refractivity contribution in [2.24, 2.45) is 0 Å². The smallest absolute Gasteiger partial charge is 0.409 e. The summed E-state index contributed by atoms with van der Waals surface area (Å²) in [5, 5.41) is 20.7. The Hall–Kier alpha value is -1.53. The molecule has 0 saturated carbocycles. The molecule has 6 nitrogen and oxygen atoms in total. The Labute approximate surface area is 93.6 Å². The Morgan fingerprint density at radius 2 is 2.07 bits per heavy atom. The molecule has 0 saturated heterocycles. The Balaban J connectivity index is 3.33. The molecule has 0 aliphatic rings. The van der Waals surface area contributed by atoms with Gasteiger partial charge in [0.2, 0.25) is 0 Å². The number of benzene rings is 1. The third-order valence-electron chi connectivity index (χ3n) is 1.45. The minimum Gasteiger partial charge on any atom is -0.465 e. The predicted octanol–water partition coefficient (Wildman–Crippen LogP) is 2.99. The number of nitrogens with one attached hydrogen (secondary N) is 1. The van der Waals surface area contributed by atoms with Gasteiger partial charge in [-0.25, -0.2) is 4.79 Å². The third-order valence-corrected chi connectivity index (χ3v) is 1.96. The summed E-state index contributed by atoms with van der Waals surface area (Å²) in [6.07, 6.45) is -1.43. The van der Waals surface area contributed by atoms with Crippen LogP contribution in [0.4, 0.5) is 16.2 Å². The minimum absolute atomic E-state index is 0.106. The quantitative estimate of drug-likeness (QED) is 0.624. The molecule has 2 N–H and O–H groups in total. The number of carbonyl (C=O) groups is 1. The molecule has 1 aromatic rings. The molecule has 0 bridgehead atoms. The van der Waals surface area contributed by atoms with E-state index in [0.29, 0.717) is 0 Å². The molecule has 80 valence electrons. The summed E-state index contributed by atoms with van der Waals surface area (Å²) in [5.41, 5.74) is -0.784. The van der Waals surface area contributed by atoms with Gasteiger partial charge < -0.3 is 5.11 Å². The Morgan fingerprint density at radius 3 is 2.53 bits per heavy atom. The number of hydrogen-bond donors (Lipinski definition) is 2. The molecule has 0 aliphatic heterocycles. The second-order valence-corrected chi connectivity index (χ2v) is 3.31. The molecule has 0 spiro atoms. The van der Waals surface area contributed by atoms with Crippen molar-refractivity contribution in [3.05, 3.63) is 32.3 Å². The van der Waals surface area contributed by atoms with E-state index in [1.807, 2.05) is 5.32 Å². The van der Waals surface area contributed by atoms with Crippen molar-refractivity contribution in [3.63, 3.8) is 0 Å². The zero-order valence-electron chi connectivity index (χ0n) is 7.03. The van der Waals surface area contributed by atoms with Gasteiger partial charge in [-0.05, 0) is 12.1 Å². The van der Waals surface area contributed by atoms with Crippen LogP contribution in [0.1, 0.15) is 0 Å². The first-order chi connectivity index (χ1) is 6.91. The number of anilines is 1.